The fraction of sp³-hybridized carbons (Fsp3) is 0.300. The molecule has 0 spiro atoms. The number of halogens is 6. The summed E-state index contributed by atoms with van der Waals surface area (Å²) in [6.07, 6.45) is -8.49. The first-order chi connectivity index (χ1) is 13.4. The first kappa shape index (κ1) is 21.0. The normalized spacial score (nSPS) is 12.8. The molecule has 0 bridgehead atoms. The number of aliphatic hydroxyl groups excluding tert-OH is 1. The van der Waals surface area contributed by atoms with Crippen LogP contribution in [0.25, 0.3) is 10.9 Å². The van der Waals surface area contributed by atoms with E-state index in [1.807, 2.05) is 13.8 Å². The quantitative estimate of drug-likeness (QED) is 0.469. The third kappa shape index (κ3) is 4.19. The lowest BCUT2D eigenvalue weighted by molar-refractivity contribution is -0.145. The van der Waals surface area contributed by atoms with Gasteiger partial charge in [0.2, 0.25) is 0 Å². The minimum absolute atomic E-state index is 0.0827. The summed E-state index contributed by atoms with van der Waals surface area (Å²) < 4.78 is 86.0. The summed E-state index contributed by atoms with van der Waals surface area (Å²) in [5.41, 5.74) is -2.18. The van der Waals surface area contributed by atoms with Crippen molar-refractivity contribution in [3.63, 3.8) is 0 Å². The third-order valence-corrected chi connectivity index (χ3v) is 4.47. The molecule has 0 saturated heterocycles. The molecule has 0 fully saturated rings. The van der Waals surface area contributed by atoms with Crippen LogP contribution in [-0.4, -0.2) is 10.1 Å². The van der Waals surface area contributed by atoms with Crippen LogP contribution in [0, 0.1) is 0 Å². The van der Waals surface area contributed by atoms with Gasteiger partial charge in [-0.3, -0.25) is 0 Å². The Balaban J connectivity index is 2.20. The van der Waals surface area contributed by atoms with E-state index in [-0.39, 0.29) is 11.7 Å². The molecule has 3 rings (SSSR count). The average Bonchev–Trinajstić information content (AvgIpc) is 3.03. The molecule has 156 valence electrons. The lowest BCUT2D eigenvalue weighted by Gasteiger charge is -2.20. The monoisotopic (exact) mass is 417 g/mol. The van der Waals surface area contributed by atoms with Crippen LogP contribution in [0.4, 0.5) is 26.3 Å². The van der Waals surface area contributed by atoms with E-state index in [0.717, 1.165) is 5.56 Å². The van der Waals surface area contributed by atoms with Crippen LogP contribution in [0.2, 0.25) is 0 Å². The smallest absolute Gasteiger partial charge is 0.420 e. The number of ether oxygens (including phenoxy) is 1. The number of hydrogen-bond acceptors (Lipinski definition) is 2. The maximum atomic E-state index is 13.5. The predicted octanol–water partition coefficient (Wildman–Crippen LogP) is 6.61. The van der Waals surface area contributed by atoms with Gasteiger partial charge in [0.25, 0.3) is 0 Å². The molecule has 1 aromatic heterocycles. The molecule has 29 heavy (non-hydrogen) atoms. The largest absolute Gasteiger partial charge is 0.456 e. The van der Waals surface area contributed by atoms with Gasteiger partial charge in [0.15, 0.2) is 5.75 Å². The standard InChI is InChI=1S/C20H17F6NO2/c1-10(2)14-8-27-17-4-3-12(7-13(14)17)29-18-15(19(21,22)23)5-11(9-28)6-16(18)20(24,25)26/h3-8,10,27-28H,9H2,1-2H3. The van der Waals surface area contributed by atoms with E-state index in [4.69, 9.17) is 9.84 Å². The number of alkyl halides is 6. The van der Waals surface area contributed by atoms with Crippen LogP contribution in [0.3, 0.4) is 0 Å². The molecule has 1 heterocycles. The van der Waals surface area contributed by atoms with Crippen LogP contribution >= 0.6 is 0 Å². The Morgan fingerprint density at radius 1 is 0.966 bits per heavy atom. The van der Waals surface area contributed by atoms with Crippen molar-refractivity contribution >= 4 is 10.9 Å². The van der Waals surface area contributed by atoms with Crippen molar-refractivity contribution in [1.29, 1.82) is 0 Å². The number of H-pyrrole nitrogens is 1. The van der Waals surface area contributed by atoms with Gasteiger partial charge in [-0.1, -0.05) is 13.8 Å². The van der Waals surface area contributed by atoms with Crippen LogP contribution in [0.15, 0.2) is 36.5 Å². The van der Waals surface area contributed by atoms with Crippen molar-refractivity contribution in [2.75, 3.05) is 0 Å². The van der Waals surface area contributed by atoms with Gasteiger partial charge in [0.1, 0.15) is 5.75 Å². The highest BCUT2D eigenvalue weighted by Crippen LogP contribution is 2.47. The predicted molar refractivity (Wildman–Crippen MR) is 94.8 cm³/mol. The summed E-state index contributed by atoms with van der Waals surface area (Å²) in [6, 6.07) is 5.14. The van der Waals surface area contributed by atoms with Crippen molar-refractivity contribution in [3.8, 4) is 11.5 Å². The second-order valence-corrected chi connectivity index (χ2v) is 6.88. The van der Waals surface area contributed by atoms with Gasteiger partial charge >= 0.3 is 12.4 Å². The van der Waals surface area contributed by atoms with Crippen molar-refractivity contribution < 1.29 is 36.2 Å². The zero-order chi connectivity index (χ0) is 21.6. The van der Waals surface area contributed by atoms with Crippen molar-refractivity contribution in [2.24, 2.45) is 0 Å². The first-order valence-corrected chi connectivity index (χ1v) is 8.63. The second-order valence-electron chi connectivity index (χ2n) is 6.88. The van der Waals surface area contributed by atoms with Crippen molar-refractivity contribution in [3.05, 3.63) is 58.8 Å². The Morgan fingerprint density at radius 2 is 1.55 bits per heavy atom. The minimum atomic E-state index is -5.11. The topological polar surface area (TPSA) is 45.2 Å². The van der Waals surface area contributed by atoms with Crippen molar-refractivity contribution in [1.82, 2.24) is 4.98 Å². The van der Waals surface area contributed by atoms with Crippen LogP contribution in [-0.2, 0) is 19.0 Å². The molecule has 0 aliphatic heterocycles. The number of aliphatic hydroxyl groups is 1. The van der Waals surface area contributed by atoms with Gasteiger partial charge in [-0.15, -0.1) is 0 Å². The lowest BCUT2D eigenvalue weighted by Crippen LogP contribution is -2.15. The highest BCUT2D eigenvalue weighted by atomic mass is 19.4. The molecular formula is C20H17F6NO2. The Kier molecular flexibility index (Phi) is 5.29. The van der Waals surface area contributed by atoms with E-state index in [1.54, 1.807) is 6.20 Å². The van der Waals surface area contributed by atoms with E-state index in [2.05, 4.69) is 4.98 Å². The summed E-state index contributed by atoms with van der Waals surface area (Å²) in [4.78, 5) is 3.00. The molecule has 0 atom stereocenters. The SMILES string of the molecule is CC(C)c1c[nH]c2ccc(Oc3c(C(F)(F)F)cc(CO)cc3C(F)(F)F)cc12. The third-order valence-electron chi connectivity index (χ3n) is 4.47. The summed E-state index contributed by atoms with van der Waals surface area (Å²) in [5.74, 6) is -1.42. The average molecular weight is 417 g/mol. The maximum absolute atomic E-state index is 13.5. The van der Waals surface area contributed by atoms with Gasteiger partial charge in [0, 0.05) is 17.1 Å². The van der Waals surface area contributed by atoms with Crippen LogP contribution in [0.1, 0.15) is 42.0 Å². The molecule has 0 saturated carbocycles. The molecule has 2 aromatic carbocycles. The minimum Gasteiger partial charge on any atom is -0.456 e. The Bertz CT molecular complexity index is 999. The fourth-order valence-corrected chi connectivity index (χ4v) is 3.09. The molecule has 0 unspecified atom stereocenters. The molecule has 0 aliphatic rings. The number of nitrogens with one attached hydrogen (secondary N) is 1. The second kappa shape index (κ2) is 7.29. The molecule has 0 aliphatic carbocycles. The first-order valence-electron chi connectivity index (χ1n) is 8.63. The molecule has 2 N–H and O–H groups in total. The fourth-order valence-electron chi connectivity index (χ4n) is 3.09. The van der Waals surface area contributed by atoms with Gasteiger partial charge < -0.3 is 14.8 Å². The van der Waals surface area contributed by atoms with E-state index in [0.29, 0.717) is 23.0 Å². The summed E-state index contributed by atoms with van der Waals surface area (Å²) in [6.45, 7) is 2.85. The number of hydrogen-bond donors (Lipinski definition) is 2. The summed E-state index contributed by atoms with van der Waals surface area (Å²) in [5, 5.41) is 9.74. The highest BCUT2D eigenvalue weighted by molar-refractivity contribution is 5.85. The molecule has 9 heteroatoms. The Labute approximate surface area is 161 Å². The van der Waals surface area contributed by atoms with E-state index < -0.39 is 41.4 Å². The van der Waals surface area contributed by atoms with E-state index in [1.165, 1.54) is 18.2 Å². The van der Waals surface area contributed by atoms with Crippen LogP contribution in [0.5, 0.6) is 11.5 Å². The van der Waals surface area contributed by atoms with E-state index >= 15 is 0 Å². The molecule has 0 radical (unpaired) electrons. The van der Waals surface area contributed by atoms with Gasteiger partial charge in [-0.2, -0.15) is 26.3 Å². The van der Waals surface area contributed by atoms with Crippen molar-refractivity contribution in [2.45, 2.75) is 38.7 Å². The lowest BCUT2D eigenvalue weighted by atomic mass is 10.0. The van der Waals surface area contributed by atoms with Gasteiger partial charge in [-0.25, -0.2) is 0 Å². The zero-order valence-electron chi connectivity index (χ0n) is 15.4. The Hall–Kier alpha value is -2.68. The van der Waals surface area contributed by atoms with Crippen LogP contribution < -0.4 is 4.74 Å². The number of aromatic nitrogens is 1. The van der Waals surface area contributed by atoms with E-state index in [9.17, 15) is 26.3 Å². The number of rotatable bonds is 4. The molecular weight excluding hydrogens is 400 g/mol. The number of aromatic amines is 1. The zero-order valence-corrected chi connectivity index (χ0v) is 15.4. The highest BCUT2D eigenvalue weighted by Gasteiger charge is 2.43. The summed E-state index contributed by atoms with van der Waals surface area (Å²) >= 11 is 0. The molecule has 3 aromatic rings. The van der Waals surface area contributed by atoms with Gasteiger partial charge in [0.05, 0.1) is 17.7 Å². The molecule has 0 amide bonds. The Morgan fingerprint density at radius 3 is 2.03 bits per heavy atom. The maximum Gasteiger partial charge on any atom is 0.420 e. The summed E-state index contributed by atoms with van der Waals surface area (Å²) in [7, 11) is 0. The van der Waals surface area contributed by atoms with Gasteiger partial charge in [-0.05, 0) is 47.4 Å². The number of fused-ring (bicyclic) bond motifs is 1. The molecule has 3 nitrogen and oxygen atoms in total. The number of benzene rings is 2.